The topological polar surface area (TPSA) is 66.0 Å². The number of hydrogen-bond acceptors (Lipinski definition) is 3. The van der Waals surface area contributed by atoms with Crippen LogP contribution in [0, 0.1) is 0 Å². The first-order valence-corrected chi connectivity index (χ1v) is 10.00. The fraction of sp³-hybridized carbons (Fsp3) is 0.333. The molecule has 2 rings (SSSR count). The third kappa shape index (κ3) is 9.03. The van der Waals surface area contributed by atoms with E-state index >= 15 is 0 Å². The molecular weight excluding hydrogens is 547 g/mol. The number of halogens is 2. The molecule has 2 aromatic carbocycles. The maximum absolute atomic E-state index is 11.9. The molecule has 2 N–H and O–H groups in total. The maximum atomic E-state index is 11.9. The quantitative estimate of drug-likeness (QED) is 0.217. The summed E-state index contributed by atoms with van der Waals surface area (Å²) in [5.74, 6) is 1.55. The summed E-state index contributed by atoms with van der Waals surface area (Å²) in [6, 6.07) is 15.3. The largest absolute Gasteiger partial charge is 0.492 e. The zero-order chi connectivity index (χ0) is 20.4. The summed E-state index contributed by atoms with van der Waals surface area (Å²) in [6.07, 6.45) is 0. The van der Waals surface area contributed by atoms with Crippen LogP contribution < -0.4 is 15.4 Å². The number of nitrogens with zero attached hydrogens (tertiary/aromatic N) is 2. The van der Waals surface area contributed by atoms with Crippen LogP contribution in [0.5, 0.6) is 5.75 Å². The second-order valence-electron chi connectivity index (χ2n) is 6.32. The highest BCUT2D eigenvalue weighted by Gasteiger charge is 2.07. The number of benzene rings is 2. The fourth-order valence-corrected chi connectivity index (χ4v) is 2.80. The summed E-state index contributed by atoms with van der Waals surface area (Å²) >= 11 is 3.43. The summed E-state index contributed by atoms with van der Waals surface area (Å²) in [4.78, 5) is 18.1. The molecule has 6 nitrogen and oxygen atoms in total. The van der Waals surface area contributed by atoms with Crippen LogP contribution in [0.15, 0.2) is 58.0 Å². The number of nitrogens with one attached hydrogen (secondary N) is 2. The van der Waals surface area contributed by atoms with Crippen LogP contribution in [0.1, 0.15) is 22.8 Å². The van der Waals surface area contributed by atoms with E-state index in [2.05, 4.69) is 31.6 Å². The van der Waals surface area contributed by atoms with Crippen LogP contribution in [0.4, 0.5) is 0 Å². The van der Waals surface area contributed by atoms with Gasteiger partial charge in [-0.2, -0.15) is 0 Å². The Morgan fingerprint density at radius 1 is 1.14 bits per heavy atom. The van der Waals surface area contributed by atoms with E-state index in [1.54, 1.807) is 19.0 Å². The molecule has 158 valence electrons. The van der Waals surface area contributed by atoms with Crippen molar-refractivity contribution in [3.63, 3.8) is 0 Å². The smallest absolute Gasteiger partial charge is 0.253 e. The van der Waals surface area contributed by atoms with Gasteiger partial charge in [0.1, 0.15) is 12.4 Å². The highest BCUT2D eigenvalue weighted by molar-refractivity contribution is 14.0. The average Bonchev–Trinajstić information content (AvgIpc) is 2.69. The molecule has 0 heterocycles. The van der Waals surface area contributed by atoms with E-state index in [9.17, 15) is 4.79 Å². The molecule has 0 aromatic heterocycles. The summed E-state index contributed by atoms with van der Waals surface area (Å²) in [5.41, 5.74) is 1.71. The molecule has 0 saturated heterocycles. The highest BCUT2D eigenvalue weighted by Crippen LogP contribution is 2.17. The second-order valence-corrected chi connectivity index (χ2v) is 7.24. The van der Waals surface area contributed by atoms with Gasteiger partial charge in [-0.05, 0) is 42.8 Å². The minimum atomic E-state index is -0.00416. The first-order valence-electron chi connectivity index (χ1n) is 9.20. The van der Waals surface area contributed by atoms with E-state index in [1.165, 1.54) is 0 Å². The molecule has 0 aliphatic carbocycles. The van der Waals surface area contributed by atoms with Gasteiger partial charge in [-0.25, -0.2) is 4.99 Å². The van der Waals surface area contributed by atoms with Gasteiger partial charge in [-0.15, -0.1) is 24.0 Å². The SMILES string of the molecule is CCNC(=NCc1ccc(C(=O)N(C)C)cc1)NCCOc1cccc(Br)c1.I. The van der Waals surface area contributed by atoms with Gasteiger partial charge in [0.2, 0.25) is 0 Å². The number of rotatable bonds is 8. The van der Waals surface area contributed by atoms with Crippen molar-refractivity contribution in [3.8, 4) is 5.75 Å². The Balaban J connectivity index is 0.00000420. The van der Waals surface area contributed by atoms with Crippen molar-refractivity contribution < 1.29 is 9.53 Å². The van der Waals surface area contributed by atoms with Crippen LogP contribution in [-0.4, -0.2) is 50.6 Å². The first-order chi connectivity index (χ1) is 13.5. The number of carbonyl (C=O) groups excluding carboxylic acids is 1. The number of amides is 1. The summed E-state index contributed by atoms with van der Waals surface area (Å²) in [5, 5.41) is 6.48. The molecule has 0 unspecified atom stereocenters. The Kier molecular flexibility index (Phi) is 11.7. The molecule has 0 radical (unpaired) electrons. The maximum Gasteiger partial charge on any atom is 0.253 e. The van der Waals surface area contributed by atoms with Crippen molar-refractivity contribution in [2.24, 2.45) is 4.99 Å². The molecule has 2 aromatic rings. The Labute approximate surface area is 198 Å². The average molecular weight is 575 g/mol. The summed E-state index contributed by atoms with van der Waals surface area (Å²) in [7, 11) is 3.49. The number of aliphatic imine (C=N–C) groups is 1. The van der Waals surface area contributed by atoms with Crippen LogP contribution in [-0.2, 0) is 6.54 Å². The Morgan fingerprint density at radius 2 is 1.86 bits per heavy atom. The van der Waals surface area contributed by atoms with E-state index in [-0.39, 0.29) is 29.9 Å². The van der Waals surface area contributed by atoms with Gasteiger partial charge in [0, 0.05) is 30.7 Å². The van der Waals surface area contributed by atoms with Crippen LogP contribution in [0.3, 0.4) is 0 Å². The summed E-state index contributed by atoms with van der Waals surface area (Å²) in [6.45, 7) is 4.49. The van der Waals surface area contributed by atoms with E-state index in [1.807, 2.05) is 55.5 Å². The summed E-state index contributed by atoms with van der Waals surface area (Å²) < 4.78 is 6.71. The molecule has 0 atom stereocenters. The van der Waals surface area contributed by atoms with E-state index in [0.29, 0.717) is 25.3 Å². The van der Waals surface area contributed by atoms with Gasteiger partial charge in [0.15, 0.2) is 5.96 Å². The Hall–Kier alpha value is -1.81. The predicted molar refractivity (Wildman–Crippen MR) is 132 cm³/mol. The monoisotopic (exact) mass is 574 g/mol. The number of guanidine groups is 1. The lowest BCUT2D eigenvalue weighted by Gasteiger charge is -2.12. The second kappa shape index (κ2) is 13.4. The molecule has 0 spiro atoms. The lowest BCUT2D eigenvalue weighted by atomic mass is 10.1. The number of hydrogen-bond donors (Lipinski definition) is 2. The Morgan fingerprint density at radius 3 is 2.48 bits per heavy atom. The minimum absolute atomic E-state index is 0. The van der Waals surface area contributed by atoms with Gasteiger partial charge >= 0.3 is 0 Å². The molecule has 0 saturated carbocycles. The minimum Gasteiger partial charge on any atom is -0.492 e. The van der Waals surface area contributed by atoms with Crippen LogP contribution in [0.25, 0.3) is 0 Å². The number of ether oxygens (including phenoxy) is 1. The zero-order valence-electron chi connectivity index (χ0n) is 16.9. The van der Waals surface area contributed by atoms with Crippen molar-refractivity contribution in [1.29, 1.82) is 0 Å². The van der Waals surface area contributed by atoms with Crippen LogP contribution >= 0.6 is 39.9 Å². The zero-order valence-corrected chi connectivity index (χ0v) is 20.9. The normalized spacial score (nSPS) is 10.7. The van der Waals surface area contributed by atoms with E-state index < -0.39 is 0 Å². The van der Waals surface area contributed by atoms with Gasteiger partial charge < -0.3 is 20.3 Å². The molecule has 0 bridgehead atoms. The number of carbonyl (C=O) groups is 1. The van der Waals surface area contributed by atoms with Gasteiger partial charge in [0.05, 0.1) is 13.1 Å². The van der Waals surface area contributed by atoms with Crippen molar-refractivity contribution in [3.05, 3.63) is 64.1 Å². The van der Waals surface area contributed by atoms with Crippen LogP contribution in [0.2, 0.25) is 0 Å². The van der Waals surface area contributed by atoms with E-state index in [4.69, 9.17) is 4.74 Å². The van der Waals surface area contributed by atoms with Crippen molar-refractivity contribution in [2.45, 2.75) is 13.5 Å². The van der Waals surface area contributed by atoms with Gasteiger partial charge in [-0.3, -0.25) is 4.79 Å². The molecule has 1 amide bonds. The molecule has 29 heavy (non-hydrogen) atoms. The molecule has 8 heteroatoms. The van der Waals surface area contributed by atoms with Gasteiger partial charge in [-0.1, -0.05) is 34.1 Å². The first kappa shape index (κ1) is 25.2. The highest BCUT2D eigenvalue weighted by atomic mass is 127. The van der Waals surface area contributed by atoms with Gasteiger partial charge in [0.25, 0.3) is 5.91 Å². The molecule has 0 aliphatic rings. The lowest BCUT2D eigenvalue weighted by molar-refractivity contribution is 0.0827. The van der Waals surface area contributed by atoms with Crippen molar-refractivity contribution >= 4 is 51.8 Å². The lowest BCUT2D eigenvalue weighted by Crippen LogP contribution is -2.39. The van der Waals surface area contributed by atoms with Crippen molar-refractivity contribution in [1.82, 2.24) is 15.5 Å². The third-order valence-corrected chi connectivity index (χ3v) is 4.32. The molecule has 0 aliphatic heterocycles. The van der Waals surface area contributed by atoms with Crippen molar-refractivity contribution in [2.75, 3.05) is 33.8 Å². The Bertz CT molecular complexity index is 798. The predicted octanol–water partition coefficient (Wildman–Crippen LogP) is 3.90. The fourth-order valence-electron chi connectivity index (χ4n) is 2.42. The molecule has 0 fully saturated rings. The molecular formula is C21H28BrIN4O2. The van der Waals surface area contributed by atoms with E-state index in [0.717, 1.165) is 28.3 Å². The third-order valence-electron chi connectivity index (χ3n) is 3.83. The standard InChI is InChI=1S/C21H27BrN4O2.HI/c1-4-23-21(24-12-13-28-19-7-5-6-18(22)14-19)25-15-16-8-10-17(11-9-16)20(27)26(2)3;/h5-11,14H,4,12-13,15H2,1-3H3,(H2,23,24,25);1H.